The summed E-state index contributed by atoms with van der Waals surface area (Å²) in [7, 11) is 0. The van der Waals surface area contributed by atoms with E-state index >= 15 is 0 Å². The molecule has 0 unspecified atom stereocenters. The van der Waals surface area contributed by atoms with Crippen LogP contribution in [0.2, 0.25) is 0 Å². The summed E-state index contributed by atoms with van der Waals surface area (Å²) >= 11 is 1.41. The SMILES string of the molecule is CC(C)(C)c1cc(NC(=O)C2CN(C(=O)c3cccs3)C2)on1. The molecule has 2 aromatic rings. The minimum Gasteiger partial charge on any atom is -0.338 e. The highest BCUT2D eigenvalue weighted by molar-refractivity contribution is 7.12. The van der Waals surface area contributed by atoms with Crippen LogP contribution in [-0.4, -0.2) is 35.0 Å². The Balaban J connectivity index is 1.53. The first-order valence-electron chi connectivity index (χ1n) is 7.45. The topological polar surface area (TPSA) is 75.4 Å². The van der Waals surface area contributed by atoms with Crippen LogP contribution in [0.15, 0.2) is 28.1 Å². The molecule has 0 aliphatic carbocycles. The first-order chi connectivity index (χ1) is 10.8. The molecule has 0 bridgehead atoms. The van der Waals surface area contributed by atoms with E-state index in [1.54, 1.807) is 17.0 Å². The zero-order chi connectivity index (χ0) is 16.6. The lowest BCUT2D eigenvalue weighted by Crippen LogP contribution is -2.54. The van der Waals surface area contributed by atoms with Gasteiger partial charge in [-0.15, -0.1) is 11.3 Å². The molecule has 0 spiro atoms. The number of anilines is 1. The Kier molecular flexibility index (Phi) is 3.97. The average Bonchev–Trinajstić information content (AvgIpc) is 3.06. The van der Waals surface area contributed by atoms with E-state index in [1.807, 2.05) is 32.2 Å². The van der Waals surface area contributed by atoms with E-state index in [0.29, 0.717) is 23.9 Å². The maximum atomic E-state index is 12.2. The minimum absolute atomic E-state index is 0.0151. The second-order valence-electron chi connectivity index (χ2n) is 6.70. The number of amides is 2. The van der Waals surface area contributed by atoms with Crippen LogP contribution in [-0.2, 0) is 10.2 Å². The molecule has 2 amide bonds. The van der Waals surface area contributed by atoms with Gasteiger partial charge in [-0.2, -0.15) is 0 Å². The van der Waals surface area contributed by atoms with Gasteiger partial charge in [0, 0.05) is 24.6 Å². The summed E-state index contributed by atoms with van der Waals surface area (Å²) in [6, 6.07) is 5.38. The molecule has 2 aromatic heterocycles. The van der Waals surface area contributed by atoms with E-state index in [9.17, 15) is 9.59 Å². The predicted octanol–water partition coefficient (Wildman–Crippen LogP) is 2.74. The third kappa shape index (κ3) is 3.29. The van der Waals surface area contributed by atoms with Crippen molar-refractivity contribution in [2.24, 2.45) is 5.92 Å². The Morgan fingerprint density at radius 3 is 2.70 bits per heavy atom. The van der Waals surface area contributed by atoms with E-state index in [2.05, 4.69) is 10.5 Å². The average molecular weight is 333 g/mol. The highest BCUT2D eigenvalue weighted by Gasteiger charge is 2.36. The first-order valence-corrected chi connectivity index (χ1v) is 8.33. The summed E-state index contributed by atoms with van der Waals surface area (Å²) in [6.07, 6.45) is 0. The Labute approximate surface area is 138 Å². The quantitative estimate of drug-likeness (QED) is 0.937. The minimum atomic E-state index is -0.206. The van der Waals surface area contributed by atoms with Gasteiger partial charge in [0.2, 0.25) is 11.8 Å². The number of carbonyl (C=O) groups is 2. The molecule has 1 fully saturated rings. The van der Waals surface area contributed by atoms with Crippen molar-refractivity contribution < 1.29 is 14.1 Å². The zero-order valence-electron chi connectivity index (χ0n) is 13.3. The molecule has 7 heteroatoms. The summed E-state index contributed by atoms with van der Waals surface area (Å²) in [5, 5.41) is 8.56. The van der Waals surface area contributed by atoms with Gasteiger partial charge in [0.05, 0.1) is 16.5 Å². The predicted molar refractivity (Wildman–Crippen MR) is 87.5 cm³/mol. The summed E-state index contributed by atoms with van der Waals surface area (Å²) < 4.78 is 5.15. The molecule has 3 rings (SSSR count). The van der Waals surface area contributed by atoms with Crippen molar-refractivity contribution in [1.82, 2.24) is 10.1 Å². The number of rotatable bonds is 3. The van der Waals surface area contributed by atoms with Crippen LogP contribution >= 0.6 is 11.3 Å². The Bertz CT molecular complexity index is 709. The van der Waals surface area contributed by atoms with Gasteiger partial charge in [-0.3, -0.25) is 14.9 Å². The summed E-state index contributed by atoms with van der Waals surface area (Å²) in [4.78, 5) is 26.7. The van der Waals surface area contributed by atoms with Gasteiger partial charge in [-0.25, -0.2) is 0 Å². The van der Waals surface area contributed by atoms with Crippen LogP contribution in [0.3, 0.4) is 0 Å². The zero-order valence-corrected chi connectivity index (χ0v) is 14.1. The van der Waals surface area contributed by atoms with Gasteiger partial charge in [-0.1, -0.05) is 32.0 Å². The maximum Gasteiger partial charge on any atom is 0.263 e. The molecule has 0 aromatic carbocycles. The number of likely N-dealkylation sites (tertiary alicyclic amines) is 1. The normalized spacial score (nSPS) is 15.3. The molecule has 1 aliphatic rings. The van der Waals surface area contributed by atoms with Crippen LogP contribution in [0, 0.1) is 5.92 Å². The van der Waals surface area contributed by atoms with Crippen LogP contribution in [0.25, 0.3) is 0 Å². The highest BCUT2D eigenvalue weighted by Crippen LogP contribution is 2.25. The molecule has 122 valence electrons. The van der Waals surface area contributed by atoms with E-state index in [4.69, 9.17) is 4.52 Å². The molecule has 3 heterocycles. The Morgan fingerprint density at radius 2 is 2.13 bits per heavy atom. The van der Waals surface area contributed by atoms with Crippen LogP contribution < -0.4 is 5.32 Å². The van der Waals surface area contributed by atoms with Gasteiger partial charge in [0.15, 0.2) is 0 Å². The standard InChI is InChI=1S/C16H19N3O3S/c1-16(2,3)12-7-13(22-18-12)17-14(20)10-8-19(9-10)15(21)11-5-4-6-23-11/h4-7,10H,8-9H2,1-3H3,(H,17,20). The third-order valence-electron chi connectivity index (χ3n) is 3.80. The van der Waals surface area contributed by atoms with Crippen molar-refractivity contribution in [3.05, 3.63) is 34.2 Å². The Morgan fingerprint density at radius 1 is 1.39 bits per heavy atom. The van der Waals surface area contributed by atoms with E-state index < -0.39 is 0 Å². The third-order valence-corrected chi connectivity index (χ3v) is 4.65. The van der Waals surface area contributed by atoms with Crippen molar-refractivity contribution in [2.75, 3.05) is 18.4 Å². The molecule has 6 nitrogen and oxygen atoms in total. The summed E-state index contributed by atoms with van der Waals surface area (Å²) in [5.41, 5.74) is 0.656. The van der Waals surface area contributed by atoms with Crippen molar-refractivity contribution in [3.8, 4) is 0 Å². The van der Waals surface area contributed by atoms with Crippen LogP contribution in [0.4, 0.5) is 5.88 Å². The number of nitrogens with one attached hydrogen (secondary N) is 1. The highest BCUT2D eigenvalue weighted by atomic mass is 32.1. The number of carbonyl (C=O) groups excluding carboxylic acids is 2. The summed E-state index contributed by atoms with van der Waals surface area (Å²) in [5.74, 6) is -0.0133. The van der Waals surface area contributed by atoms with Crippen molar-refractivity contribution in [2.45, 2.75) is 26.2 Å². The lowest BCUT2D eigenvalue weighted by molar-refractivity contribution is -0.123. The van der Waals surface area contributed by atoms with Crippen LogP contribution in [0.1, 0.15) is 36.1 Å². The molecular weight excluding hydrogens is 314 g/mol. The fraction of sp³-hybridized carbons (Fsp3) is 0.438. The van der Waals surface area contributed by atoms with E-state index in [-0.39, 0.29) is 23.1 Å². The monoisotopic (exact) mass is 333 g/mol. The number of hydrogen-bond donors (Lipinski definition) is 1. The second-order valence-corrected chi connectivity index (χ2v) is 7.65. The fourth-order valence-electron chi connectivity index (χ4n) is 2.28. The second kappa shape index (κ2) is 5.81. The molecule has 1 saturated heterocycles. The van der Waals surface area contributed by atoms with Gasteiger partial charge in [0.1, 0.15) is 0 Å². The number of nitrogens with zero attached hydrogens (tertiary/aromatic N) is 2. The molecular formula is C16H19N3O3S. The van der Waals surface area contributed by atoms with Gasteiger partial charge in [0.25, 0.3) is 5.91 Å². The van der Waals surface area contributed by atoms with Crippen molar-refractivity contribution in [3.63, 3.8) is 0 Å². The first kappa shape index (κ1) is 15.7. The molecule has 0 radical (unpaired) electrons. The van der Waals surface area contributed by atoms with Gasteiger partial charge < -0.3 is 9.42 Å². The van der Waals surface area contributed by atoms with E-state index in [0.717, 1.165) is 5.69 Å². The van der Waals surface area contributed by atoms with Crippen molar-refractivity contribution in [1.29, 1.82) is 0 Å². The molecule has 23 heavy (non-hydrogen) atoms. The fourth-order valence-corrected chi connectivity index (χ4v) is 2.97. The molecule has 0 atom stereocenters. The molecule has 1 N–H and O–H groups in total. The van der Waals surface area contributed by atoms with Gasteiger partial charge >= 0.3 is 0 Å². The molecule has 0 saturated carbocycles. The molecule has 1 aliphatic heterocycles. The lowest BCUT2D eigenvalue weighted by Gasteiger charge is -2.37. The summed E-state index contributed by atoms with van der Waals surface area (Å²) in [6.45, 7) is 6.94. The smallest absolute Gasteiger partial charge is 0.263 e. The van der Waals surface area contributed by atoms with Gasteiger partial charge in [-0.05, 0) is 11.4 Å². The van der Waals surface area contributed by atoms with Crippen molar-refractivity contribution >= 4 is 29.0 Å². The number of hydrogen-bond acceptors (Lipinski definition) is 5. The largest absolute Gasteiger partial charge is 0.338 e. The van der Waals surface area contributed by atoms with Crippen LogP contribution in [0.5, 0.6) is 0 Å². The number of thiophene rings is 1. The lowest BCUT2D eigenvalue weighted by atomic mass is 9.92. The number of aromatic nitrogens is 1. The maximum absolute atomic E-state index is 12.2. The van der Waals surface area contributed by atoms with E-state index in [1.165, 1.54) is 11.3 Å². The Hall–Kier alpha value is -2.15.